The first-order chi connectivity index (χ1) is 10.3. The minimum absolute atomic E-state index is 0.0720. The van der Waals surface area contributed by atoms with Gasteiger partial charge in [-0.3, -0.25) is 4.79 Å². The first kappa shape index (κ1) is 16.7. The highest BCUT2D eigenvalue weighted by Crippen LogP contribution is 2.21. The molecule has 0 aliphatic heterocycles. The van der Waals surface area contributed by atoms with Gasteiger partial charge in [0, 0.05) is 28.4 Å². The predicted octanol–water partition coefficient (Wildman–Crippen LogP) is 4.01. The lowest BCUT2D eigenvalue weighted by Gasteiger charge is -2.10. The predicted molar refractivity (Wildman–Crippen MR) is 88.8 cm³/mol. The smallest absolute Gasteiger partial charge is 0.227 e. The number of nitrogens with one attached hydrogen (secondary N) is 1. The zero-order valence-electron chi connectivity index (χ0n) is 13.2. The Labute approximate surface area is 138 Å². The molecule has 1 heterocycles. The molecule has 2 aromatic rings. The summed E-state index contributed by atoms with van der Waals surface area (Å²) in [4.78, 5) is 16.3. The second kappa shape index (κ2) is 6.60. The van der Waals surface area contributed by atoms with Gasteiger partial charge in [0.15, 0.2) is 5.82 Å². The van der Waals surface area contributed by atoms with Gasteiger partial charge in [0.05, 0.1) is 0 Å². The fourth-order valence-electron chi connectivity index (χ4n) is 1.83. The maximum Gasteiger partial charge on any atom is 0.227 e. The molecule has 0 unspecified atom stereocenters. The van der Waals surface area contributed by atoms with Crippen molar-refractivity contribution in [2.24, 2.45) is 0 Å². The summed E-state index contributed by atoms with van der Waals surface area (Å²) in [6.07, 6.45) is 0.741. The van der Waals surface area contributed by atoms with Crippen LogP contribution in [0.25, 0.3) is 0 Å². The molecule has 0 aliphatic carbocycles. The minimum atomic E-state index is -0.154. The zero-order valence-corrected chi connectivity index (χ0v) is 14.8. The van der Waals surface area contributed by atoms with Crippen LogP contribution in [0, 0.1) is 6.92 Å². The molecule has 0 saturated heterocycles. The Morgan fingerprint density at radius 3 is 2.68 bits per heavy atom. The van der Waals surface area contributed by atoms with Crippen LogP contribution in [-0.4, -0.2) is 16.0 Å². The van der Waals surface area contributed by atoms with Gasteiger partial charge in [-0.25, -0.2) is 0 Å². The van der Waals surface area contributed by atoms with E-state index in [2.05, 4.69) is 31.4 Å². The van der Waals surface area contributed by atoms with E-state index in [0.29, 0.717) is 24.6 Å². The van der Waals surface area contributed by atoms with E-state index in [0.717, 1.165) is 15.7 Å². The van der Waals surface area contributed by atoms with E-state index >= 15 is 0 Å². The zero-order chi connectivity index (χ0) is 16.3. The number of nitrogens with zero attached hydrogens (tertiary/aromatic N) is 2. The molecule has 118 valence electrons. The van der Waals surface area contributed by atoms with E-state index in [-0.39, 0.29) is 11.3 Å². The van der Waals surface area contributed by atoms with Crippen LogP contribution in [0.5, 0.6) is 0 Å². The van der Waals surface area contributed by atoms with Crippen molar-refractivity contribution >= 4 is 27.5 Å². The lowest BCUT2D eigenvalue weighted by molar-refractivity contribution is -0.116. The monoisotopic (exact) mass is 365 g/mol. The van der Waals surface area contributed by atoms with Crippen LogP contribution in [0.3, 0.4) is 0 Å². The molecule has 0 aliphatic rings. The number of aromatic nitrogens is 2. The Bertz CT molecular complexity index is 674. The van der Waals surface area contributed by atoms with Gasteiger partial charge >= 0.3 is 0 Å². The van der Waals surface area contributed by atoms with Gasteiger partial charge in [-0.15, -0.1) is 0 Å². The van der Waals surface area contributed by atoms with Crippen LogP contribution in [0.15, 0.2) is 27.2 Å². The first-order valence-corrected chi connectivity index (χ1v) is 7.94. The fourth-order valence-corrected chi connectivity index (χ4v) is 2.07. The van der Waals surface area contributed by atoms with E-state index in [4.69, 9.17) is 4.52 Å². The summed E-state index contributed by atoms with van der Waals surface area (Å²) in [6, 6.07) is 5.70. The molecule has 0 radical (unpaired) electrons. The van der Waals surface area contributed by atoms with Crippen molar-refractivity contribution < 1.29 is 9.32 Å². The largest absolute Gasteiger partial charge is 0.339 e. The number of aryl methyl sites for hydroxylation is 2. The molecule has 0 saturated carbocycles. The van der Waals surface area contributed by atoms with Crippen molar-refractivity contribution in [1.82, 2.24) is 10.1 Å². The van der Waals surface area contributed by atoms with Gasteiger partial charge in [0.1, 0.15) is 0 Å². The normalized spacial score (nSPS) is 11.5. The molecule has 0 spiro atoms. The number of hydrogen-bond donors (Lipinski definition) is 1. The molecule has 1 aromatic carbocycles. The molecular formula is C16H20BrN3O2. The Morgan fingerprint density at radius 1 is 1.36 bits per heavy atom. The van der Waals surface area contributed by atoms with Crippen LogP contribution >= 0.6 is 15.9 Å². The fraction of sp³-hybridized carbons (Fsp3) is 0.438. The summed E-state index contributed by atoms with van der Waals surface area (Å²) >= 11 is 3.43. The first-order valence-electron chi connectivity index (χ1n) is 7.15. The Balaban J connectivity index is 1.90. The minimum Gasteiger partial charge on any atom is -0.339 e. The van der Waals surface area contributed by atoms with Crippen molar-refractivity contribution in [2.45, 2.75) is 46.0 Å². The Morgan fingerprint density at radius 2 is 2.09 bits per heavy atom. The summed E-state index contributed by atoms with van der Waals surface area (Å²) in [6.45, 7) is 8.03. The number of amides is 1. The van der Waals surface area contributed by atoms with Crippen molar-refractivity contribution in [3.8, 4) is 0 Å². The number of anilines is 1. The molecule has 1 N–H and O–H groups in total. The summed E-state index contributed by atoms with van der Waals surface area (Å²) in [5.41, 5.74) is 1.70. The van der Waals surface area contributed by atoms with E-state index in [1.807, 2.05) is 45.9 Å². The second-order valence-corrected chi connectivity index (χ2v) is 7.13. The van der Waals surface area contributed by atoms with Crippen molar-refractivity contribution in [3.05, 3.63) is 40.0 Å². The molecule has 5 nitrogen and oxygen atoms in total. The van der Waals surface area contributed by atoms with Crippen LogP contribution in [0.4, 0.5) is 5.69 Å². The third-order valence-corrected chi connectivity index (χ3v) is 4.04. The van der Waals surface area contributed by atoms with Gasteiger partial charge in [0.2, 0.25) is 11.8 Å². The van der Waals surface area contributed by atoms with Gasteiger partial charge in [-0.2, -0.15) is 4.98 Å². The van der Waals surface area contributed by atoms with Gasteiger partial charge < -0.3 is 9.84 Å². The SMILES string of the molecule is Cc1cc(NC(=O)CCc2nc(C(C)(C)C)no2)ccc1Br. The van der Waals surface area contributed by atoms with Crippen molar-refractivity contribution in [1.29, 1.82) is 0 Å². The number of carbonyl (C=O) groups excluding carboxylic acids is 1. The summed E-state index contributed by atoms with van der Waals surface area (Å²) in [7, 11) is 0. The number of rotatable bonds is 4. The lowest BCUT2D eigenvalue weighted by Crippen LogP contribution is -2.14. The molecule has 22 heavy (non-hydrogen) atoms. The Kier molecular flexibility index (Phi) is 5.01. The van der Waals surface area contributed by atoms with Crippen LogP contribution < -0.4 is 5.32 Å². The molecule has 2 rings (SSSR count). The molecule has 6 heteroatoms. The van der Waals surface area contributed by atoms with Crippen molar-refractivity contribution in [2.75, 3.05) is 5.32 Å². The van der Waals surface area contributed by atoms with Crippen LogP contribution in [0.1, 0.15) is 44.5 Å². The van der Waals surface area contributed by atoms with Crippen LogP contribution in [-0.2, 0) is 16.6 Å². The average molecular weight is 366 g/mol. The summed E-state index contributed by atoms with van der Waals surface area (Å²) in [5, 5.41) is 6.82. The second-order valence-electron chi connectivity index (χ2n) is 6.27. The van der Waals surface area contributed by atoms with Gasteiger partial charge in [-0.05, 0) is 30.7 Å². The van der Waals surface area contributed by atoms with Gasteiger partial charge in [0.25, 0.3) is 0 Å². The van der Waals surface area contributed by atoms with Crippen molar-refractivity contribution in [3.63, 3.8) is 0 Å². The summed E-state index contributed by atoms with van der Waals surface area (Å²) < 4.78 is 6.20. The lowest BCUT2D eigenvalue weighted by atomic mass is 9.96. The standard InChI is InChI=1S/C16H20BrN3O2/c1-10-9-11(5-6-12(10)17)18-13(21)7-8-14-19-15(20-22-14)16(2,3)4/h5-6,9H,7-8H2,1-4H3,(H,18,21). The highest BCUT2D eigenvalue weighted by Gasteiger charge is 2.21. The maximum atomic E-state index is 12.0. The quantitative estimate of drug-likeness (QED) is 0.888. The third-order valence-electron chi connectivity index (χ3n) is 3.15. The molecule has 0 bridgehead atoms. The molecule has 1 amide bonds. The highest BCUT2D eigenvalue weighted by atomic mass is 79.9. The van der Waals surface area contributed by atoms with E-state index < -0.39 is 0 Å². The van der Waals surface area contributed by atoms with E-state index in [9.17, 15) is 4.79 Å². The average Bonchev–Trinajstić information content (AvgIpc) is 2.89. The van der Waals surface area contributed by atoms with E-state index in [1.165, 1.54) is 0 Å². The number of halogens is 1. The van der Waals surface area contributed by atoms with Gasteiger partial charge in [-0.1, -0.05) is 41.9 Å². The maximum absolute atomic E-state index is 12.0. The number of benzene rings is 1. The third kappa shape index (κ3) is 4.40. The number of carbonyl (C=O) groups is 1. The molecule has 0 fully saturated rings. The molecule has 1 aromatic heterocycles. The number of hydrogen-bond acceptors (Lipinski definition) is 4. The van der Waals surface area contributed by atoms with Crippen LogP contribution in [0.2, 0.25) is 0 Å². The molecular weight excluding hydrogens is 346 g/mol. The van der Waals surface area contributed by atoms with E-state index in [1.54, 1.807) is 0 Å². The topological polar surface area (TPSA) is 68.0 Å². The summed E-state index contributed by atoms with van der Waals surface area (Å²) in [5.74, 6) is 1.08. The molecule has 0 atom stereocenters. The Hall–Kier alpha value is -1.69. The highest BCUT2D eigenvalue weighted by molar-refractivity contribution is 9.10.